The number of H-pyrrole nitrogens is 1. The van der Waals surface area contributed by atoms with Crippen molar-refractivity contribution >= 4 is 10.9 Å². The van der Waals surface area contributed by atoms with Gasteiger partial charge in [-0.3, -0.25) is 9.69 Å². The van der Waals surface area contributed by atoms with Crippen LogP contribution in [0.15, 0.2) is 29.1 Å². The molecule has 5 rings (SSSR count). The molecule has 7 heteroatoms. The van der Waals surface area contributed by atoms with E-state index < -0.39 is 0 Å². The zero-order valence-electron chi connectivity index (χ0n) is 17.7. The molecule has 2 fully saturated rings. The summed E-state index contributed by atoms with van der Waals surface area (Å²) in [5, 5.41) is 14.0. The molecule has 0 bridgehead atoms. The fourth-order valence-electron chi connectivity index (χ4n) is 5.19. The molecule has 2 aliphatic rings. The van der Waals surface area contributed by atoms with Gasteiger partial charge in [-0.1, -0.05) is 37.3 Å². The number of pyridine rings is 1. The summed E-state index contributed by atoms with van der Waals surface area (Å²) < 4.78 is 2.02. The van der Waals surface area contributed by atoms with E-state index in [2.05, 4.69) is 44.5 Å². The lowest BCUT2D eigenvalue weighted by Gasteiger charge is -2.30. The van der Waals surface area contributed by atoms with Crippen molar-refractivity contribution in [3.63, 3.8) is 0 Å². The number of fused-ring (bicyclic) bond motifs is 1. The van der Waals surface area contributed by atoms with Crippen molar-refractivity contribution in [3.05, 3.63) is 51.6 Å². The third-order valence-corrected chi connectivity index (χ3v) is 6.76. The molecule has 0 spiro atoms. The molecule has 3 aromatic rings. The lowest BCUT2D eigenvalue weighted by Crippen LogP contribution is -2.36. The van der Waals surface area contributed by atoms with E-state index in [1.807, 2.05) is 16.8 Å². The molecule has 158 valence electrons. The van der Waals surface area contributed by atoms with Gasteiger partial charge in [-0.2, -0.15) is 0 Å². The molecule has 1 aromatic carbocycles. The van der Waals surface area contributed by atoms with Crippen molar-refractivity contribution in [1.82, 2.24) is 30.1 Å². The first kappa shape index (κ1) is 19.4. The molecule has 1 aliphatic heterocycles. The molecular formula is C23H30N6O. The van der Waals surface area contributed by atoms with E-state index in [1.165, 1.54) is 31.2 Å². The van der Waals surface area contributed by atoms with E-state index in [9.17, 15) is 4.79 Å². The van der Waals surface area contributed by atoms with E-state index in [0.29, 0.717) is 6.04 Å². The Balaban J connectivity index is 1.65. The Labute approximate surface area is 176 Å². The Morgan fingerprint density at radius 3 is 2.57 bits per heavy atom. The second kappa shape index (κ2) is 8.30. The van der Waals surface area contributed by atoms with Crippen LogP contribution >= 0.6 is 0 Å². The minimum Gasteiger partial charge on any atom is -0.322 e. The number of nitrogens with one attached hydrogen (secondary N) is 1. The van der Waals surface area contributed by atoms with Crippen molar-refractivity contribution < 1.29 is 0 Å². The minimum atomic E-state index is -0.215. The summed E-state index contributed by atoms with van der Waals surface area (Å²) in [7, 11) is 0. The first-order chi connectivity index (χ1) is 14.7. The predicted octanol–water partition coefficient (Wildman–Crippen LogP) is 3.90. The van der Waals surface area contributed by atoms with Crippen molar-refractivity contribution in [2.45, 2.75) is 70.4 Å². The molecule has 1 saturated carbocycles. The molecule has 3 heterocycles. The average Bonchev–Trinajstić information content (AvgIpc) is 3.36. The first-order valence-electron chi connectivity index (χ1n) is 11.4. The SMILES string of the molecule is Cc1ccc2[nH]c(=O)c([C@H](c3nnnn3C3CCCC3)N3CCCCCC3)cc2c1. The molecule has 0 radical (unpaired) electrons. The minimum absolute atomic E-state index is 0.0402. The van der Waals surface area contributed by atoms with Crippen LogP contribution in [0.2, 0.25) is 0 Å². The van der Waals surface area contributed by atoms with Gasteiger partial charge < -0.3 is 4.98 Å². The molecule has 1 aliphatic carbocycles. The number of rotatable bonds is 4. The molecular weight excluding hydrogens is 376 g/mol. The van der Waals surface area contributed by atoms with Gasteiger partial charge in [-0.05, 0) is 79.7 Å². The molecule has 1 saturated heterocycles. The monoisotopic (exact) mass is 406 g/mol. The summed E-state index contributed by atoms with van der Waals surface area (Å²) in [6.07, 6.45) is 9.42. The fourth-order valence-corrected chi connectivity index (χ4v) is 5.19. The van der Waals surface area contributed by atoms with E-state index in [1.54, 1.807) is 0 Å². The summed E-state index contributed by atoms with van der Waals surface area (Å²) in [6.45, 7) is 4.01. The van der Waals surface area contributed by atoms with Gasteiger partial charge in [0.15, 0.2) is 5.82 Å². The number of aryl methyl sites for hydroxylation is 1. The largest absolute Gasteiger partial charge is 0.322 e. The van der Waals surface area contributed by atoms with Crippen LogP contribution in [0.3, 0.4) is 0 Å². The van der Waals surface area contributed by atoms with Crippen LogP contribution in [0, 0.1) is 6.92 Å². The summed E-state index contributed by atoms with van der Waals surface area (Å²) in [4.78, 5) is 18.8. The maximum atomic E-state index is 13.3. The van der Waals surface area contributed by atoms with Gasteiger partial charge in [-0.25, -0.2) is 4.68 Å². The molecule has 0 amide bonds. The Hall–Kier alpha value is -2.54. The number of nitrogens with zero attached hydrogens (tertiary/aromatic N) is 5. The molecule has 1 N–H and O–H groups in total. The topological polar surface area (TPSA) is 79.7 Å². The molecule has 0 unspecified atom stereocenters. The van der Waals surface area contributed by atoms with Gasteiger partial charge in [0.1, 0.15) is 6.04 Å². The van der Waals surface area contributed by atoms with Gasteiger partial charge in [0.2, 0.25) is 0 Å². The number of hydrogen-bond acceptors (Lipinski definition) is 5. The third kappa shape index (κ3) is 3.67. The normalized spacial score (nSPS) is 19.9. The van der Waals surface area contributed by atoms with Gasteiger partial charge in [-0.15, -0.1) is 5.10 Å². The highest BCUT2D eigenvalue weighted by atomic mass is 16.1. The zero-order valence-corrected chi connectivity index (χ0v) is 17.7. The summed E-state index contributed by atoms with van der Waals surface area (Å²) in [5.41, 5.74) is 2.77. The number of tetrazole rings is 1. The number of benzene rings is 1. The summed E-state index contributed by atoms with van der Waals surface area (Å²) >= 11 is 0. The van der Waals surface area contributed by atoms with Crippen LogP contribution in [0.1, 0.15) is 80.4 Å². The summed E-state index contributed by atoms with van der Waals surface area (Å²) in [6, 6.07) is 8.33. The van der Waals surface area contributed by atoms with Gasteiger partial charge in [0.25, 0.3) is 5.56 Å². The highest BCUT2D eigenvalue weighted by Crippen LogP contribution is 2.34. The molecule has 1 atom stereocenters. The van der Waals surface area contributed by atoms with E-state index in [4.69, 9.17) is 0 Å². The Morgan fingerprint density at radius 2 is 1.80 bits per heavy atom. The number of aromatic nitrogens is 5. The summed E-state index contributed by atoms with van der Waals surface area (Å²) in [5.74, 6) is 0.821. The molecule has 2 aromatic heterocycles. The van der Waals surface area contributed by atoms with Crippen LogP contribution < -0.4 is 5.56 Å². The Kier molecular flexibility index (Phi) is 5.37. The lowest BCUT2D eigenvalue weighted by molar-refractivity contribution is 0.216. The van der Waals surface area contributed by atoms with E-state index in [-0.39, 0.29) is 11.6 Å². The fraction of sp³-hybridized carbons (Fsp3) is 0.565. The highest BCUT2D eigenvalue weighted by Gasteiger charge is 2.33. The lowest BCUT2D eigenvalue weighted by atomic mass is 10.0. The van der Waals surface area contributed by atoms with Gasteiger partial charge in [0, 0.05) is 11.1 Å². The molecule has 7 nitrogen and oxygen atoms in total. The molecule has 30 heavy (non-hydrogen) atoms. The predicted molar refractivity (Wildman–Crippen MR) is 117 cm³/mol. The average molecular weight is 407 g/mol. The standard InChI is InChI=1S/C23H30N6O/c1-16-10-11-20-17(14-16)15-19(23(30)24-20)21(28-12-6-2-3-7-13-28)22-25-26-27-29(22)18-8-4-5-9-18/h10-11,14-15,18,21H,2-9,12-13H2,1H3,(H,24,30)/t21-/m1/s1. The van der Waals surface area contributed by atoms with Crippen LogP contribution in [0.25, 0.3) is 10.9 Å². The first-order valence-corrected chi connectivity index (χ1v) is 11.4. The van der Waals surface area contributed by atoms with Crippen molar-refractivity contribution in [2.24, 2.45) is 0 Å². The quantitative estimate of drug-likeness (QED) is 0.711. The second-order valence-corrected chi connectivity index (χ2v) is 8.92. The smallest absolute Gasteiger partial charge is 0.253 e. The Morgan fingerprint density at radius 1 is 1.03 bits per heavy atom. The van der Waals surface area contributed by atoms with Crippen molar-refractivity contribution in [3.8, 4) is 0 Å². The maximum absolute atomic E-state index is 13.3. The maximum Gasteiger partial charge on any atom is 0.253 e. The van der Waals surface area contributed by atoms with Crippen LogP contribution in [0.5, 0.6) is 0 Å². The highest BCUT2D eigenvalue weighted by molar-refractivity contribution is 5.79. The Bertz CT molecular complexity index is 1070. The van der Waals surface area contributed by atoms with E-state index >= 15 is 0 Å². The van der Waals surface area contributed by atoms with Crippen LogP contribution in [-0.4, -0.2) is 43.2 Å². The van der Waals surface area contributed by atoms with Gasteiger partial charge >= 0.3 is 0 Å². The van der Waals surface area contributed by atoms with Crippen molar-refractivity contribution in [2.75, 3.05) is 13.1 Å². The third-order valence-electron chi connectivity index (χ3n) is 6.76. The number of aromatic amines is 1. The van der Waals surface area contributed by atoms with E-state index in [0.717, 1.165) is 61.1 Å². The zero-order chi connectivity index (χ0) is 20.5. The van der Waals surface area contributed by atoms with Gasteiger partial charge in [0.05, 0.1) is 6.04 Å². The number of hydrogen-bond donors (Lipinski definition) is 1. The second-order valence-electron chi connectivity index (χ2n) is 8.92. The van der Waals surface area contributed by atoms with Crippen molar-refractivity contribution in [1.29, 1.82) is 0 Å². The van der Waals surface area contributed by atoms with Crippen LogP contribution in [-0.2, 0) is 0 Å². The van der Waals surface area contributed by atoms with Crippen LogP contribution in [0.4, 0.5) is 0 Å². The number of likely N-dealkylation sites (tertiary alicyclic amines) is 1.